The first-order valence-corrected chi connectivity index (χ1v) is 9.81. The Bertz CT molecular complexity index is 775. The number of likely N-dealkylation sites (tertiary alicyclic amines) is 1. The number of carbonyl (C=O) groups excluding carboxylic acids is 4. The molecule has 1 fully saturated rings. The highest BCUT2D eigenvalue weighted by Crippen LogP contribution is 2.21. The third-order valence-electron chi connectivity index (χ3n) is 4.47. The first-order chi connectivity index (χ1) is 14.1. The smallest absolute Gasteiger partial charge is 0.407 e. The molecule has 0 unspecified atom stereocenters. The summed E-state index contributed by atoms with van der Waals surface area (Å²) in [6.07, 6.45) is -0.364. The van der Waals surface area contributed by atoms with E-state index in [0.717, 1.165) is 0 Å². The van der Waals surface area contributed by atoms with Gasteiger partial charge in [-0.1, -0.05) is 18.2 Å². The number of benzene rings is 1. The van der Waals surface area contributed by atoms with Crippen LogP contribution < -0.4 is 10.6 Å². The minimum absolute atomic E-state index is 0.00785. The molecule has 0 radical (unpaired) electrons. The van der Waals surface area contributed by atoms with Gasteiger partial charge in [-0.05, 0) is 32.9 Å². The van der Waals surface area contributed by atoms with Crippen LogP contribution in [0.1, 0.15) is 44.0 Å². The van der Waals surface area contributed by atoms with Gasteiger partial charge in [0.1, 0.15) is 11.6 Å². The van der Waals surface area contributed by atoms with E-state index in [-0.39, 0.29) is 43.8 Å². The number of hydrogen-bond acceptors (Lipinski definition) is 6. The lowest BCUT2D eigenvalue weighted by Gasteiger charge is -2.23. The van der Waals surface area contributed by atoms with Crippen molar-refractivity contribution in [2.45, 2.75) is 51.3 Å². The molecule has 2 N–H and O–H groups in total. The Morgan fingerprint density at radius 3 is 2.40 bits per heavy atom. The Labute approximate surface area is 176 Å². The lowest BCUT2D eigenvalue weighted by Crippen LogP contribution is -2.43. The lowest BCUT2D eigenvalue weighted by atomic mass is 10.1. The quantitative estimate of drug-likeness (QED) is 0.675. The molecule has 2 atom stereocenters. The summed E-state index contributed by atoms with van der Waals surface area (Å²) in [7, 11) is 1.25. The summed E-state index contributed by atoms with van der Waals surface area (Å²) in [5, 5.41) is 5.38. The van der Waals surface area contributed by atoms with Gasteiger partial charge in [-0.3, -0.25) is 9.59 Å². The average Bonchev–Trinajstić information content (AvgIpc) is 3.10. The molecule has 0 aliphatic carbocycles. The number of amides is 3. The van der Waals surface area contributed by atoms with Gasteiger partial charge in [0.05, 0.1) is 7.11 Å². The van der Waals surface area contributed by atoms with Crippen molar-refractivity contribution in [1.29, 1.82) is 0 Å². The molecule has 1 aromatic rings. The van der Waals surface area contributed by atoms with Gasteiger partial charge in [-0.2, -0.15) is 0 Å². The zero-order chi connectivity index (χ0) is 22.3. The maximum Gasteiger partial charge on any atom is 0.407 e. The second-order valence-corrected chi connectivity index (χ2v) is 8.04. The van der Waals surface area contributed by atoms with Crippen molar-refractivity contribution in [2.75, 3.05) is 20.2 Å². The molecule has 30 heavy (non-hydrogen) atoms. The summed E-state index contributed by atoms with van der Waals surface area (Å²) in [5.74, 6) is -1.14. The highest BCUT2D eigenvalue weighted by Gasteiger charge is 2.40. The number of methoxy groups -OCH3 is 1. The normalized spacial score (nSPS) is 18.5. The number of nitrogens with one attached hydrogen (secondary N) is 2. The zero-order valence-electron chi connectivity index (χ0n) is 17.8. The van der Waals surface area contributed by atoms with Gasteiger partial charge in [-0.25, -0.2) is 9.59 Å². The molecule has 1 heterocycles. The summed E-state index contributed by atoms with van der Waals surface area (Å²) in [6, 6.07) is 7.53. The van der Waals surface area contributed by atoms with Crippen LogP contribution in [0.3, 0.4) is 0 Å². The van der Waals surface area contributed by atoms with Crippen LogP contribution in [0.15, 0.2) is 30.3 Å². The van der Waals surface area contributed by atoms with Crippen LogP contribution in [0.4, 0.5) is 4.79 Å². The third kappa shape index (κ3) is 6.75. The minimum atomic E-state index is -0.787. The Morgan fingerprint density at radius 1 is 1.13 bits per heavy atom. The van der Waals surface area contributed by atoms with E-state index in [1.165, 1.54) is 12.0 Å². The van der Waals surface area contributed by atoms with Crippen molar-refractivity contribution >= 4 is 23.9 Å². The van der Waals surface area contributed by atoms with Crippen LogP contribution in [0, 0.1) is 0 Å². The highest BCUT2D eigenvalue weighted by molar-refractivity contribution is 5.94. The summed E-state index contributed by atoms with van der Waals surface area (Å²) < 4.78 is 9.94. The van der Waals surface area contributed by atoms with Gasteiger partial charge in [0.15, 0.2) is 0 Å². The molecule has 0 aromatic heterocycles. The van der Waals surface area contributed by atoms with E-state index in [0.29, 0.717) is 5.56 Å². The predicted molar refractivity (Wildman–Crippen MR) is 109 cm³/mol. The fourth-order valence-electron chi connectivity index (χ4n) is 3.16. The number of carbonyl (C=O) groups is 4. The Morgan fingerprint density at radius 2 is 1.80 bits per heavy atom. The number of alkyl carbamates (subject to hydrolysis) is 1. The Kier molecular flexibility index (Phi) is 7.79. The molecule has 0 spiro atoms. The predicted octanol–water partition coefficient (Wildman–Crippen LogP) is 1.47. The summed E-state index contributed by atoms with van der Waals surface area (Å²) >= 11 is 0. The van der Waals surface area contributed by atoms with Gasteiger partial charge in [0.2, 0.25) is 5.91 Å². The Balaban J connectivity index is 1.93. The van der Waals surface area contributed by atoms with Crippen LogP contribution in [-0.4, -0.2) is 66.7 Å². The van der Waals surface area contributed by atoms with Crippen LogP contribution in [0.25, 0.3) is 0 Å². The molecule has 9 nitrogen and oxygen atoms in total. The molecule has 2 rings (SSSR count). The number of nitrogens with zero attached hydrogens (tertiary/aromatic N) is 1. The molecule has 164 valence electrons. The van der Waals surface area contributed by atoms with Crippen molar-refractivity contribution in [3.05, 3.63) is 35.9 Å². The fourth-order valence-corrected chi connectivity index (χ4v) is 3.16. The molecular formula is C21H29N3O6. The summed E-state index contributed by atoms with van der Waals surface area (Å²) in [4.78, 5) is 50.3. The van der Waals surface area contributed by atoms with Crippen LogP contribution in [0.2, 0.25) is 0 Å². The lowest BCUT2D eigenvalue weighted by molar-refractivity contribution is -0.150. The molecule has 0 saturated carbocycles. The highest BCUT2D eigenvalue weighted by atomic mass is 16.6. The monoisotopic (exact) mass is 419 g/mol. The number of rotatable bonds is 6. The van der Waals surface area contributed by atoms with Crippen LogP contribution in [0.5, 0.6) is 0 Å². The second-order valence-electron chi connectivity index (χ2n) is 8.04. The Hall–Kier alpha value is -3.10. The van der Waals surface area contributed by atoms with Gasteiger partial charge in [0, 0.05) is 37.5 Å². The van der Waals surface area contributed by atoms with Gasteiger partial charge >= 0.3 is 12.1 Å². The molecular weight excluding hydrogens is 390 g/mol. The molecule has 1 aliphatic rings. The van der Waals surface area contributed by atoms with Crippen molar-refractivity contribution in [3.63, 3.8) is 0 Å². The maximum absolute atomic E-state index is 12.7. The van der Waals surface area contributed by atoms with Gasteiger partial charge in [0.25, 0.3) is 5.91 Å². The van der Waals surface area contributed by atoms with E-state index in [2.05, 4.69) is 10.6 Å². The van der Waals surface area contributed by atoms with E-state index in [1.54, 1.807) is 45.0 Å². The van der Waals surface area contributed by atoms with E-state index < -0.39 is 23.7 Å². The van der Waals surface area contributed by atoms with E-state index in [4.69, 9.17) is 9.47 Å². The number of hydrogen-bond donors (Lipinski definition) is 2. The standard InChI is InChI=1S/C21H29N3O6/c1-21(2,3)30-20(28)22-11-10-17(25)24-13-15(12-16(24)19(27)29-4)23-18(26)14-8-6-5-7-9-14/h5-9,15-16H,10-13H2,1-4H3,(H,22,28)(H,23,26)/t15-,16+/m1/s1. The zero-order valence-corrected chi connectivity index (χ0v) is 17.8. The van der Waals surface area contributed by atoms with Crippen molar-refractivity contribution < 1.29 is 28.7 Å². The SMILES string of the molecule is COC(=O)[C@@H]1C[C@@H](NC(=O)c2ccccc2)CN1C(=O)CCNC(=O)OC(C)(C)C. The topological polar surface area (TPSA) is 114 Å². The van der Waals surface area contributed by atoms with E-state index in [1.807, 2.05) is 6.07 Å². The largest absolute Gasteiger partial charge is 0.467 e. The van der Waals surface area contributed by atoms with Crippen molar-refractivity contribution in [2.24, 2.45) is 0 Å². The first-order valence-electron chi connectivity index (χ1n) is 9.81. The maximum atomic E-state index is 12.7. The van der Waals surface area contributed by atoms with Gasteiger partial charge in [-0.15, -0.1) is 0 Å². The first kappa shape index (κ1) is 23.2. The van der Waals surface area contributed by atoms with Crippen LogP contribution >= 0.6 is 0 Å². The molecule has 9 heteroatoms. The number of ether oxygens (including phenoxy) is 2. The van der Waals surface area contributed by atoms with E-state index in [9.17, 15) is 19.2 Å². The van der Waals surface area contributed by atoms with E-state index >= 15 is 0 Å². The fraction of sp³-hybridized carbons (Fsp3) is 0.524. The minimum Gasteiger partial charge on any atom is -0.467 e. The second kappa shape index (κ2) is 10.1. The van der Waals surface area contributed by atoms with Crippen molar-refractivity contribution in [1.82, 2.24) is 15.5 Å². The molecule has 3 amide bonds. The van der Waals surface area contributed by atoms with Crippen molar-refractivity contribution in [3.8, 4) is 0 Å². The molecule has 1 aromatic carbocycles. The number of esters is 1. The molecule has 1 saturated heterocycles. The van der Waals surface area contributed by atoms with Crippen LogP contribution in [-0.2, 0) is 19.1 Å². The average molecular weight is 419 g/mol. The van der Waals surface area contributed by atoms with Gasteiger partial charge < -0.3 is 25.0 Å². The third-order valence-corrected chi connectivity index (χ3v) is 4.47. The molecule has 1 aliphatic heterocycles. The summed E-state index contributed by atoms with van der Waals surface area (Å²) in [6.45, 7) is 5.48. The summed E-state index contributed by atoms with van der Waals surface area (Å²) in [5.41, 5.74) is -0.137. The molecule has 0 bridgehead atoms.